The highest BCUT2D eigenvalue weighted by atomic mass is 32.2. The minimum atomic E-state index is 0.351. The van der Waals surface area contributed by atoms with Crippen LogP contribution in [-0.4, -0.2) is 11.1 Å². The van der Waals surface area contributed by atoms with Crippen LogP contribution in [0.25, 0.3) is 0 Å². The Kier molecular flexibility index (Phi) is 2.50. The second-order valence-electron chi connectivity index (χ2n) is 3.47. The smallest absolute Gasteiger partial charge is 0.113 e. The molecule has 0 spiro atoms. The van der Waals surface area contributed by atoms with Crippen molar-refractivity contribution in [2.24, 2.45) is 10.7 Å². The maximum atomic E-state index is 5.90. The average molecular weight is 206 g/mol. The summed E-state index contributed by atoms with van der Waals surface area (Å²) in [7, 11) is 0. The molecule has 0 radical (unpaired) electrons. The van der Waals surface area contributed by atoms with Crippen molar-refractivity contribution in [2.45, 2.75) is 30.4 Å². The Morgan fingerprint density at radius 2 is 2.29 bits per heavy atom. The molecule has 1 aromatic carbocycles. The van der Waals surface area contributed by atoms with E-state index in [1.54, 1.807) is 0 Å². The van der Waals surface area contributed by atoms with Crippen LogP contribution in [0.2, 0.25) is 0 Å². The Bertz CT molecular complexity index is 385. The zero-order chi connectivity index (χ0) is 10.1. The van der Waals surface area contributed by atoms with Crippen LogP contribution >= 0.6 is 11.8 Å². The molecule has 0 saturated heterocycles. The molecule has 1 unspecified atom stereocenters. The van der Waals surface area contributed by atoms with E-state index in [0.29, 0.717) is 5.25 Å². The normalized spacial score (nSPS) is 20.1. The van der Waals surface area contributed by atoms with Crippen LogP contribution in [-0.2, 0) is 0 Å². The first kappa shape index (κ1) is 9.59. The third-order valence-corrected chi connectivity index (χ3v) is 3.85. The first-order chi connectivity index (χ1) is 6.72. The van der Waals surface area contributed by atoms with Gasteiger partial charge in [-0.25, -0.2) is 4.99 Å². The zero-order valence-corrected chi connectivity index (χ0v) is 9.27. The van der Waals surface area contributed by atoms with E-state index >= 15 is 0 Å². The van der Waals surface area contributed by atoms with Crippen LogP contribution < -0.4 is 5.73 Å². The van der Waals surface area contributed by atoms with Crippen LogP contribution in [0, 0.1) is 6.92 Å². The second kappa shape index (κ2) is 3.65. The summed E-state index contributed by atoms with van der Waals surface area (Å²) in [5.74, 6) is 0.763. The Labute approximate surface area is 88.6 Å². The first-order valence-electron chi connectivity index (χ1n) is 4.82. The topological polar surface area (TPSA) is 38.4 Å². The van der Waals surface area contributed by atoms with Gasteiger partial charge in [0, 0.05) is 4.90 Å². The highest BCUT2D eigenvalue weighted by Gasteiger charge is 2.20. The SMILES string of the molecule is CCC1Sc2cccc(C)c2N=C1N. The molecule has 2 N–H and O–H groups in total. The molecule has 2 nitrogen and oxygen atoms in total. The van der Waals surface area contributed by atoms with Gasteiger partial charge < -0.3 is 5.73 Å². The number of nitrogens with two attached hydrogens (primary N) is 1. The van der Waals surface area contributed by atoms with E-state index in [1.165, 1.54) is 10.5 Å². The number of nitrogens with zero attached hydrogens (tertiary/aromatic N) is 1. The molecular formula is C11H14N2S. The number of aliphatic imine (C=N–C) groups is 1. The summed E-state index contributed by atoms with van der Waals surface area (Å²) in [6.45, 7) is 4.21. The van der Waals surface area contributed by atoms with E-state index in [4.69, 9.17) is 5.73 Å². The number of amidine groups is 1. The van der Waals surface area contributed by atoms with Gasteiger partial charge in [0.05, 0.1) is 10.9 Å². The molecule has 1 heterocycles. The van der Waals surface area contributed by atoms with Crippen molar-refractivity contribution in [1.29, 1.82) is 0 Å². The van der Waals surface area contributed by atoms with E-state index in [0.717, 1.165) is 17.9 Å². The number of aryl methyl sites for hydroxylation is 1. The van der Waals surface area contributed by atoms with Crippen LogP contribution in [0.15, 0.2) is 28.1 Å². The maximum Gasteiger partial charge on any atom is 0.113 e. The quantitative estimate of drug-likeness (QED) is 0.767. The lowest BCUT2D eigenvalue weighted by Crippen LogP contribution is -2.27. The summed E-state index contributed by atoms with van der Waals surface area (Å²) in [6, 6.07) is 6.26. The van der Waals surface area contributed by atoms with Crippen molar-refractivity contribution in [1.82, 2.24) is 0 Å². The predicted octanol–water partition coefficient (Wildman–Crippen LogP) is 2.87. The molecule has 1 aromatic rings. The molecule has 2 rings (SSSR count). The van der Waals surface area contributed by atoms with E-state index in [9.17, 15) is 0 Å². The Balaban J connectivity index is 2.48. The largest absolute Gasteiger partial charge is 0.386 e. The highest BCUT2D eigenvalue weighted by molar-refractivity contribution is 8.00. The van der Waals surface area contributed by atoms with Crippen LogP contribution in [0.3, 0.4) is 0 Å². The summed E-state index contributed by atoms with van der Waals surface area (Å²) in [5.41, 5.74) is 8.16. The predicted molar refractivity (Wildman–Crippen MR) is 62.4 cm³/mol. The van der Waals surface area contributed by atoms with Gasteiger partial charge in [-0.2, -0.15) is 0 Å². The van der Waals surface area contributed by atoms with Crippen LogP contribution in [0.4, 0.5) is 5.69 Å². The van der Waals surface area contributed by atoms with Gasteiger partial charge in [-0.15, -0.1) is 11.8 Å². The van der Waals surface area contributed by atoms with Crippen LogP contribution in [0.5, 0.6) is 0 Å². The van der Waals surface area contributed by atoms with Gasteiger partial charge in [-0.3, -0.25) is 0 Å². The lowest BCUT2D eigenvalue weighted by Gasteiger charge is -2.21. The van der Waals surface area contributed by atoms with Crippen molar-refractivity contribution in [3.63, 3.8) is 0 Å². The van der Waals surface area contributed by atoms with Crippen molar-refractivity contribution >= 4 is 23.3 Å². The molecule has 14 heavy (non-hydrogen) atoms. The van der Waals surface area contributed by atoms with Crippen molar-refractivity contribution in [2.75, 3.05) is 0 Å². The summed E-state index contributed by atoms with van der Waals surface area (Å²) >= 11 is 1.82. The van der Waals surface area contributed by atoms with E-state index in [2.05, 4.69) is 37.0 Å². The molecule has 0 fully saturated rings. The van der Waals surface area contributed by atoms with Gasteiger partial charge in [0.2, 0.25) is 0 Å². The van der Waals surface area contributed by atoms with E-state index in [-0.39, 0.29) is 0 Å². The third kappa shape index (κ3) is 1.52. The molecule has 74 valence electrons. The molecule has 3 heteroatoms. The van der Waals surface area contributed by atoms with Gasteiger partial charge in [-0.1, -0.05) is 19.1 Å². The molecular weight excluding hydrogens is 192 g/mol. The Hall–Kier alpha value is -0.960. The van der Waals surface area contributed by atoms with Crippen LogP contribution in [0.1, 0.15) is 18.9 Å². The highest BCUT2D eigenvalue weighted by Crippen LogP contribution is 2.39. The molecule has 1 atom stereocenters. The molecule has 0 bridgehead atoms. The number of fused-ring (bicyclic) bond motifs is 1. The van der Waals surface area contributed by atoms with E-state index in [1.807, 2.05) is 11.8 Å². The van der Waals surface area contributed by atoms with Crippen molar-refractivity contribution < 1.29 is 0 Å². The number of thioether (sulfide) groups is 1. The fraction of sp³-hybridized carbons (Fsp3) is 0.364. The molecule has 0 aromatic heterocycles. The number of hydrogen-bond acceptors (Lipinski definition) is 3. The minimum absolute atomic E-state index is 0.351. The van der Waals surface area contributed by atoms with Crippen molar-refractivity contribution in [3.05, 3.63) is 23.8 Å². The molecule has 1 aliphatic rings. The third-order valence-electron chi connectivity index (χ3n) is 2.41. The van der Waals surface area contributed by atoms with E-state index < -0.39 is 0 Å². The number of para-hydroxylation sites is 1. The first-order valence-corrected chi connectivity index (χ1v) is 5.70. The fourth-order valence-corrected chi connectivity index (χ4v) is 2.70. The Morgan fingerprint density at radius 1 is 1.50 bits per heavy atom. The molecule has 1 aliphatic heterocycles. The second-order valence-corrected chi connectivity index (χ2v) is 4.72. The Morgan fingerprint density at radius 3 is 3.00 bits per heavy atom. The van der Waals surface area contributed by atoms with Gasteiger partial charge in [0.1, 0.15) is 5.84 Å². The fourth-order valence-electron chi connectivity index (χ4n) is 1.58. The molecule has 0 aliphatic carbocycles. The number of rotatable bonds is 1. The van der Waals surface area contributed by atoms with Gasteiger partial charge >= 0.3 is 0 Å². The number of benzene rings is 1. The molecule has 0 saturated carbocycles. The lowest BCUT2D eigenvalue weighted by atomic mass is 10.2. The average Bonchev–Trinajstić information content (AvgIpc) is 2.19. The summed E-state index contributed by atoms with van der Waals surface area (Å²) in [4.78, 5) is 5.73. The monoisotopic (exact) mass is 206 g/mol. The lowest BCUT2D eigenvalue weighted by molar-refractivity contribution is 0.988. The standard InChI is InChI=1S/C11H14N2S/c1-3-8-11(12)13-10-7(2)5-4-6-9(10)14-8/h4-6,8H,3H2,1-2H3,(H2,12,13). The maximum absolute atomic E-state index is 5.90. The summed E-state index contributed by atoms with van der Waals surface area (Å²) in [5, 5.41) is 0.351. The zero-order valence-electron chi connectivity index (χ0n) is 8.45. The molecule has 0 amide bonds. The summed E-state index contributed by atoms with van der Waals surface area (Å²) < 4.78 is 0. The van der Waals surface area contributed by atoms with Gasteiger partial charge in [0.15, 0.2) is 0 Å². The minimum Gasteiger partial charge on any atom is -0.386 e. The summed E-state index contributed by atoms with van der Waals surface area (Å²) in [6.07, 6.45) is 1.04. The number of hydrogen-bond donors (Lipinski definition) is 1. The van der Waals surface area contributed by atoms with Gasteiger partial charge in [-0.05, 0) is 25.0 Å². The van der Waals surface area contributed by atoms with Gasteiger partial charge in [0.25, 0.3) is 0 Å². The van der Waals surface area contributed by atoms with Crippen molar-refractivity contribution in [3.8, 4) is 0 Å².